The van der Waals surface area contributed by atoms with Gasteiger partial charge in [-0.2, -0.15) is 0 Å². The van der Waals surface area contributed by atoms with Crippen molar-refractivity contribution >= 4 is 5.78 Å². The van der Waals surface area contributed by atoms with Crippen LogP contribution >= 0.6 is 0 Å². The summed E-state index contributed by atoms with van der Waals surface area (Å²) < 4.78 is 5.02. The Labute approximate surface area is 71.2 Å². The molecule has 1 aromatic rings. The molecule has 0 fully saturated rings. The number of benzene rings is 1. The minimum Gasteiger partial charge on any atom is -0.362 e. The Kier molecular flexibility index (Phi) is 1.70. The van der Waals surface area contributed by atoms with Crippen LogP contribution in [-0.4, -0.2) is 12.9 Å². The monoisotopic (exact) mass is 161 g/mol. The van der Waals surface area contributed by atoms with Crippen LogP contribution in [0.1, 0.15) is 11.1 Å². The van der Waals surface area contributed by atoms with E-state index in [1.54, 1.807) is 0 Å². The SMILES string of the molecule is CO[C]1C(=O)Cc2ccccc21. The van der Waals surface area contributed by atoms with Gasteiger partial charge in [0.1, 0.15) is 0 Å². The minimum atomic E-state index is 0.0821. The Morgan fingerprint density at radius 2 is 2.08 bits per heavy atom. The van der Waals surface area contributed by atoms with Gasteiger partial charge in [-0.15, -0.1) is 0 Å². The van der Waals surface area contributed by atoms with Gasteiger partial charge in [0.2, 0.25) is 0 Å². The average Bonchev–Trinajstić information content (AvgIpc) is 2.40. The average molecular weight is 161 g/mol. The summed E-state index contributed by atoms with van der Waals surface area (Å²) in [5.74, 6) is 0.0821. The fourth-order valence-corrected chi connectivity index (χ4v) is 1.52. The van der Waals surface area contributed by atoms with Crippen LogP contribution in [-0.2, 0) is 16.0 Å². The molecule has 2 rings (SSSR count). The van der Waals surface area contributed by atoms with Crippen molar-refractivity contribution in [1.82, 2.24) is 0 Å². The molecule has 0 aromatic heterocycles. The van der Waals surface area contributed by atoms with Gasteiger partial charge in [0, 0.05) is 13.5 Å². The zero-order valence-corrected chi connectivity index (χ0v) is 6.83. The zero-order valence-electron chi connectivity index (χ0n) is 6.83. The van der Waals surface area contributed by atoms with Crippen LogP contribution in [0, 0.1) is 6.10 Å². The van der Waals surface area contributed by atoms with Crippen LogP contribution in [0.5, 0.6) is 0 Å². The first-order chi connectivity index (χ1) is 5.83. The van der Waals surface area contributed by atoms with Crippen LogP contribution in [0.4, 0.5) is 0 Å². The molecule has 0 heterocycles. The molecular weight excluding hydrogens is 152 g/mol. The van der Waals surface area contributed by atoms with Crippen LogP contribution in [0.2, 0.25) is 0 Å². The number of rotatable bonds is 1. The lowest BCUT2D eigenvalue weighted by Gasteiger charge is -2.04. The smallest absolute Gasteiger partial charge is 0.191 e. The van der Waals surface area contributed by atoms with Crippen molar-refractivity contribution in [3.63, 3.8) is 0 Å². The number of methoxy groups -OCH3 is 1. The predicted molar refractivity (Wildman–Crippen MR) is 44.5 cm³/mol. The Hall–Kier alpha value is -1.15. The van der Waals surface area contributed by atoms with Crippen LogP contribution in [0.15, 0.2) is 24.3 Å². The number of hydrogen-bond acceptors (Lipinski definition) is 2. The van der Waals surface area contributed by atoms with E-state index in [-0.39, 0.29) is 5.78 Å². The van der Waals surface area contributed by atoms with Crippen molar-refractivity contribution < 1.29 is 9.53 Å². The highest BCUT2D eigenvalue weighted by Crippen LogP contribution is 2.29. The van der Waals surface area contributed by atoms with Crippen LogP contribution < -0.4 is 0 Å². The summed E-state index contributed by atoms with van der Waals surface area (Å²) in [5.41, 5.74) is 2.02. The molecule has 0 aliphatic heterocycles. The Balaban J connectivity index is 2.47. The van der Waals surface area contributed by atoms with E-state index in [0.29, 0.717) is 12.5 Å². The summed E-state index contributed by atoms with van der Waals surface area (Å²) in [7, 11) is 1.54. The van der Waals surface area contributed by atoms with E-state index >= 15 is 0 Å². The van der Waals surface area contributed by atoms with E-state index in [1.165, 1.54) is 7.11 Å². The molecule has 1 radical (unpaired) electrons. The molecule has 0 unspecified atom stereocenters. The molecule has 0 N–H and O–H groups in total. The highest BCUT2D eigenvalue weighted by molar-refractivity contribution is 6.00. The molecule has 0 spiro atoms. The number of carbonyl (C=O) groups is 1. The van der Waals surface area contributed by atoms with E-state index in [0.717, 1.165) is 11.1 Å². The van der Waals surface area contributed by atoms with Crippen molar-refractivity contribution in [1.29, 1.82) is 0 Å². The van der Waals surface area contributed by atoms with E-state index < -0.39 is 0 Å². The van der Waals surface area contributed by atoms with Crippen LogP contribution in [0.25, 0.3) is 0 Å². The molecule has 1 aliphatic rings. The van der Waals surface area contributed by atoms with Gasteiger partial charge in [-0.1, -0.05) is 24.3 Å². The molecule has 1 aliphatic carbocycles. The second-order valence-corrected chi connectivity index (χ2v) is 2.79. The maximum atomic E-state index is 11.3. The Morgan fingerprint density at radius 1 is 1.33 bits per heavy atom. The van der Waals surface area contributed by atoms with Crippen molar-refractivity contribution in [3.05, 3.63) is 41.5 Å². The topological polar surface area (TPSA) is 26.3 Å². The van der Waals surface area contributed by atoms with Crippen LogP contribution in [0.3, 0.4) is 0 Å². The number of hydrogen-bond donors (Lipinski definition) is 0. The third-order valence-electron chi connectivity index (χ3n) is 2.07. The third-order valence-corrected chi connectivity index (χ3v) is 2.07. The molecule has 12 heavy (non-hydrogen) atoms. The molecule has 2 heteroatoms. The van der Waals surface area contributed by atoms with E-state index in [9.17, 15) is 4.79 Å². The molecular formula is C10H9O2. The molecule has 61 valence electrons. The lowest BCUT2D eigenvalue weighted by Crippen LogP contribution is -2.08. The van der Waals surface area contributed by atoms with Gasteiger partial charge in [-0.05, 0) is 11.1 Å². The summed E-state index contributed by atoms with van der Waals surface area (Å²) in [6, 6.07) is 7.72. The first-order valence-electron chi connectivity index (χ1n) is 3.85. The van der Waals surface area contributed by atoms with Gasteiger partial charge in [-0.3, -0.25) is 4.79 Å². The summed E-state index contributed by atoms with van der Waals surface area (Å²) >= 11 is 0. The first kappa shape index (κ1) is 7.50. The van der Waals surface area contributed by atoms with Gasteiger partial charge in [0.15, 0.2) is 11.9 Å². The first-order valence-corrected chi connectivity index (χ1v) is 3.85. The van der Waals surface area contributed by atoms with Crippen molar-refractivity contribution in [2.45, 2.75) is 6.42 Å². The zero-order chi connectivity index (χ0) is 8.55. The quantitative estimate of drug-likeness (QED) is 0.621. The fraction of sp³-hybridized carbons (Fsp3) is 0.200. The van der Waals surface area contributed by atoms with Gasteiger partial charge >= 0.3 is 0 Å². The van der Waals surface area contributed by atoms with Gasteiger partial charge in [0.05, 0.1) is 0 Å². The maximum Gasteiger partial charge on any atom is 0.191 e. The molecule has 0 atom stereocenters. The maximum absolute atomic E-state index is 11.3. The van der Waals surface area contributed by atoms with Gasteiger partial charge in [-0.25, -0.2) is 0 Å². The van der Waals surface area contributed by atoms with Gasteiger partial charge < -0.3 is 4.74 Å². The minimum absolute atomic E-state index is 0.0821. The van der Waals surface area contributed by atoms with Gasteiger partial charge in [0.25, 0.3) is 0 Å². The largest absolute Gasteiger partial charge is 0.362 e. The van der Waals surface area contributed by atoms with E-state index in [1.807, 2.05) is 24.3 Å². The predicted octanol–water partition coefficient (Wildman–Crippen LogP) is 1.34. The third kappa shape index (κ3) is 0.959. The lowest BCUT2D eigenvalue weighted by molar-refractivity contribution is -0.119. The molecule has 0 saturated carbocycles. The van der Waals surface area contributed by atoms with Crippen molar-refractivity contribution in [3.8, 4) is 0 Å². The Morgan fingerprint density at radius 3 is 2.83 bits per heavy atom. The summed E-state index contributed by atoms with van der Waals surface area (Å²) in [4.78, 5) is 11.3. The highest BCUT2D eigenvalue weighted by atomic mass is 16.5. The normalized spacial score (nSPS) is 16.6. The Bertz CT molecular complexity index is 317. The summed E-state index contributed by atoms with van der Waals surface area (Å²) in [6.07, 6.45) is 0.991. The summed E-state index contributed by atoms with van der Waals surface area (Å²) in [5, 5.41) is 0. The second-order valence-electron chi connectivity index (χ2n) is 2.79. The van der Waals surface area contributed by atoms with E-state index in [4.69, 9.17) is 4.74 Å². The second kappa shape index (κ2) is 2.72. The molecule has 2 nitrogen and oxygen atoms in total. The highest BCUT2D eigenvalue weighted by Gasteiger charge is 2.31. The number of fused-ring (bicyclic) bond motifs is 1. The van der Waals surface area contributed by atoms with E-state index in [2.05, 4.69) is 0 Å². The summed E-state index contributed by atoms with van der Waals surface area (Å²) in [6.45, 7) is 0. The van der Waals surface area contributed by atoms with Crippen molar-refractivity contribution in [2.24, 2.45) is 0 Å². The molecule has 0 amide bonds. The fourth-order valence-electron chi connectivity index (χ4n) is 1.52. The number of carbonyl (C=O) groups excluding carboxylic acids is 1. The number of Topliss-reactive ketones (excluding diaryl/α,β-unsaturated/α-hetero) is 1. The molecule has 0 saturated heterocycles. The lowest BCUT2D eigenvalue weighted by atomic mass is 10.1. The molecule has 0 bridgehead atoms. The number of ether oxygens (including phenoxy) is 1. The molecule has 1 aromatic carbocycles. The number of ketones is 1. The standard InChI is InChI=1S/C10H9O2/c1-12-10-8-5-3-2-4-7(8)6-9(10)11/h2-5H,6H2,1H3. The van der Waals surface area contributed by atoms with Crippen molar-refractivity contribution in [2.75, 3.05) is 7.11 Å².